The Morgan fingerprint density at radius 1 is 1.08 bits per heavy atom. The first-order valence-electron chi connectivity index (χ1n) is 8.08. The molecular formula is C18H20F2N2O3S. The summed E-state index contributed by atoms with van der Waals surface area (Å²) in [6.07, 6.45) is 1.82. The van der Waals surface area contributed by atoms with Crippen molar-refractivity contribution in [1.29, 1.82) is 0 Å². The van der Waals surface area contributed by atoms with E-state index in [0.717, 1.165) is 31.0 Å². The lowest BCUT2D eigenvalue weighted by Crippen LogP contribution is -2.27. The Balaban J connectivity index is 2.20. The number of carbonyl (C=O) groups is 1. The Bertz CT molecular complexity index is 864. The van der Waals surface area contributed by atoms with Crippen molar-refractivity contribution in [1.82, 2.24) is 4.90 Å². The number of anilines is 1. The summed E-state index contributed by atoms with van der Waals surface area (Å²) in [6.45, 7) is 2.62. The van der Waals surface area contributed by atoms with Crippen LogP contribution >= 0.6 is 0 Å². The molecule has 0 atom stereocenters. The van der Waals surface area contributed by atoms with E-state index in [0.29, 0.717) is 12.1 Å². The second kappa shape index (κ2) is 8.27. The monoisotopic (exact) mass is 382 g/mol. The Labute approximate surface area is 151 Å². The largest absolute Gasteiger partial charge is 0.342 e. The van der Waals surface area contributed by atoms with Gasteiger partial charge in [0.25, 0.3) is 15.9 Å². The molecule has 26 heavy (non-hydrogen) atoms. The third-order valence-corrected chi connectivity index (χ3v) is 5.17. The van der Waals surface area contributed by atoms with Crippen LogP contribution in [0.1, 0.15) is 30.1 Å². The van der Waals surface area contributed by atoms with Gasteiger partial charge in [-0.15, -0.1) is 0 Å². The number of nitrogens with zero attached hydrogens (tertiary/aromatic N) is 1. The van der Waals surface area contributed by atoms with Gasteiger partial charge in [0.1, 0.15) is 17.3 Å². The van der Waals surface area contributed by atoms with Gasteiger partial charge < -0.3 is 4.90 Å². The first kappa shape index (κ1) is 19.8. The first-order valence-corrected chi connectivity index (χ1v) is 9.57. The predicted molar refractivity (Wildman–Crippen MR) is 95.5 cm³/mol. The molecule has 2 rings (SSSR count). The van der Waals surface area contributed by atoms with E-state index in [2.05, 4.69) is 0 Å². The van der Waals surface area contributed by atoms with Gasteiger partial charge in [-0.1, -0.05) is 19.4 Å². The Kier molecular flexibility index (Phi) is 6.31. The second-order valence-electron chi connectivity index (χ2n) is 5.81. The minimum Gasteiger partial charge on any atom is -0.342 e. The van der Waals surface area contributed by atoms with Gasteiger partial charge in [0.05, 0.1) is 4.90 Å². The molecule has 0 spiro atoms. The van der Waals surface area contributed by atoms with Gasteiger partial charge >= 0.3 is 0 Å². The van der Waals surface area contributed by atoms with Crippen LogP contribution in [0.2, 0.25) is 0 Å². The molecule has 0 aliphatic rings. The summed E-state index contributed by atoms with van der Waals surface area (Å²) >= 11 is 0. The Hall–Kier alpha value is -2.48. The van der Waals surface area contributed by atoms with Gasteiger partial charge in [-0.25, -0.2) is 17.2 Å². The zero-order chi connectivity index (χ0) is 19.3. The van der Waals surface area contributed by atoms with Crippen LogP contribution < -0.4 is 4.72 Å². The highest BCUT2D eigenvalue weighted by Crippen LogP contribution is 2.22. The van der Waals surface area contributed by atoms with E-state index in [9.17, 15) is 22.0 Å². The molecule has 2 aromatic rings. The lowest BCUT2D eigenvalue weighted by Gasteiger charge is -2.17. The fourth-order valence-electron chi connectivity index (χ4n) is 2.28. The lowest BCUT2D eigenvalue weighted by atomic mass is 10.2. The SMILES string of the molecule is CCCCN(C)C(=O)c1ccc(S(=O)(=O)Nc2c(F)cccc2F)cc1. The predicted octanol–water partition coefficient (Wildman–Crippen LogP) is 3.64. The summed E-state index contributed by atoms with van der Waals surface area (Å²) in [5.41, 5.74) is -0.411. The number of rotatable bonds is 7. The second-order valence-corrected chi connectivity index (χ2v) is 7.49. The van der Waals surface area contributed by atoms with Gasteiger partial charge in [0, 0.05) is 19.2 Å². The number of unbranched alkanes of at least 4 members (excludes halogenated alkanes) is 1. The summed E-state index contributed by atoms with van der Waals surface area (Å²) in [5, 5.41) is 0. The highest BCUT2D eigenvalue weighted by atomic mass is 32.2. The van der Waals surface area contributed by atoms with Crippen LogP contribution in [0.25, 0.3) is 0 Å². The van der Waals surface area contributed by atoms with Crippen molar-refractivity contribution in [3.63, 3.8) is 0 Å². The number of halogens is 2. The van der Waals surface area contributed by atoms with Crippen LogP contribution in [0.15, 0.2) is 47.4 Å². The molecule has 0 saturated carbocycles. The molecule has 1 N–H and O–H groups in total. The van der Waals surface area contributed by atoms with Crippen LogP contribution in [0.4, 0.5) is 14.5 Å². The molecule has 0 saturated heterocycles. The highest BCUT2D eigenvalue weighted by Gasteiger charge is 2.20. The fourth-order valence-corrected chi connectivity index (χ4v) is 3.36. The molecule has 0 radical (unpaired) electrons. The molecule has 0 unspecified atom stereocenters. The number of amides is 1. The fraction of sp³-hybridized carbons (Fsp3) is 0.278. The topological polar surface area (TPSA) is 66.5 Å². The van der Waals surface area contributed by atoms with Crippen LogP contribution in [-0.4, -0.2) is 32.8 Å². The van der Waals surface area contributed by atoms with E-state index in [1.807, 2.05) is 11.6 Å². The number of hydrogen-bond acceptors (Lipinski definition) is 3. The van der Waals surface area contributed by atoms with E-state index in [1.54, 1.807) is 11.9 Å². The average molecular weight is 382 g/mol. The normalized spacial score (nSPS) is 11.2. The van der Waals surface area contributed by atoms with Crippen molar-refractivity contribution in [3.05, 3.63) is 59.7 Å². The molecule has 1 amide bonds. The molecule has 5 nitrogen and oxygen atoms in total. The molecule has 8 heteroatoms. The first-order chi connectivity index (χ1) is 12.3. The van der Waals surface area contributed by atoms with Gasteiger partial charge in [-0.2, -0.15) is 0 Å². The summed E-state index contributed by atoms with van der Waals surface area (Å²) in [6, 6.07) is 8.24. The number of para-hydroxylation sites is 1. The quantitative estimate of drug-likeness (QED) is 0.795. The maximum atomic E-state index is 13.6. The van der Waals surface area contributed by atoms with Gasteiger partial charge in [0.2, 0.25) is 0 Å². The highest BCUT2D eigenvalue weighted by molar-refractivity contribution is 7.92. The van der Waals surface area contributed by atoms with E-state index < -0.39 is 27.3 Å². The maximum Gasteiger partial charge on any atom is 0.262 e. The average Bonchev–Trinajstić information content (AvgIpc) is 2.62. The molecule has 0 bridgehead atoms. The summed E-state index contributed by atoms with van der Waals surface area (Å²) in [7, 11) is -2.52. The number of sulfonamides is 1. The van der Waals surface area contributed by atoms with Gasteiger partial charge in [-0.3, -0.25) is 9.52 Å². The Morgan fingerprint density at radius 3 is 2.19 bits per heavy atom. The van der Waals surface area contributed by atoms with Crippen molar-refractivity contribution >= 4 is 21.6 Å². The van der Waals surface area contributed by atoms with Crippen LogP contribution in [0, 0.1) is 11.6 Å². The molecule has 0 heterocycles. The molecule has 0 aliphatic carbocycles. The van der Waals surface area contributed by atoms with Crippen molar-refractivity contribution in [2.75, 3.05) is 18.3 Å². The minimum atomic E-state index is -4.19. The standard InChI is InChI=1S/C18H20F2N2O3S/c1-3-4-12-22(2)18(23)13-8-10-14(11-9-13)26(24,25)21-17-15(19)6-5-7-16(17)20/h5-11,21H,3-4,12H2,1-2H3. The van der Waals surface area contributed by atoms with Crippen molar-refractivity contribution < 1.29 is 22.0 Å². The molecule has 140 valence electrons. The maximum absolute atomic E-state index is 13.6. The molecule has 0 aromatic heterocycles. The summed E-state index contributed by atoms with van der Waals surface area (Å²) < 4.78 is 53.8. The van der Waals surface area contributed by atoms with Crippen molar-refractivity contribution in [2.45, 2.75) is 24.7 Å². The van der Waals surface area contributed by atoms with Crippen molar-refractivity contribution in [3.8, 4) is 0 Å². The number of benzene rings is 2. The smallest absolute Gasteiger partial charge is 0.262 e. The van der Waals surface area contributed by atoms with Crippen LogP contribution in [0.5, 0.6) is 0 Å². The molecular weight excluding hydrogens is 362 g/mol. The zero-order valence-electron chi connectivity index (χ0n) is 14.5. The minimum absolute atomic E-state index is 0.201. The summed E-state index contributed by atoms with van der Waals surface area (Å²) in [5.74, 6) is -2.26. The van der Waals surface area contributed by atoms with E-state index in [-0.39, 0.29) is 10.8 Å². The van der Waals surface area contributed by atoms with Gasteiger partial charge in [0.15, 0.2) is 0 Å². The molecule has 2 aromatic carbocycles. The molecule has 0 aliphatic heterocycles. The number of hydrogen-bond donors (Lipinski definition) is 1. The van der Waals surface area contributed by atoms with Gasteiger partial charge in [-0.05, 0) is 42.8 Å². The number of nitrogens with one attached hydrogen (secondary N) is 1. The number of carbonyl (C=O) groups excluding carboxylic acids is 1. The lowest BCUT2D eigenvalue weighted by molar-refractivity contribution is 0.0793. The zero-order valence-corrected chi connectivity index (χ0v) is 15.3. The van der Waals surface area contributed by atoms with E-state index in [4.69, 9.17) is 0 Å². The summed E-state index contributed by atoms with van der Waals surface area (Å²) in [4.78, 5) is 13.6. The van der Waals surface area contributed by atoms with E-state index in [1.165, 1.54) is 24.3 Å². The van der Waals surface area contributed by atoms with Crippen LogP contribution in [0.3, 0.4) is 0 Å². The third-order valence-electron chi connectivity index (χ3n) is 3.80. The Morgan fingerprint density at radius 2 is 1.65 bits per heavy atom. The molecule has 0 fully saturated rings. The van der Waals surface area contributed by atoms with Crippen LogP contribution in [-0.2, 0) is 10.0 Å². The van der Waals surface area contributed by atoms with Crippen molar-refractivity contribution in [2.24, 2.45) is 0 Å². The third kappa shape index (κ3) is 4.57. The van der Waals surface area contributed by atoms with E-state index >= 15 is 0 Å².